The first-order valence-corrected chi connectivity index (χ1v) is 6.24. The number of nitrogens with one attached hydrogen (secondary N) is 1. The third kappa shape index (κ3) is 2.07. The Morgan fingerprint density at radius 1 is 1.39 bits per heavy atom. The predicted molar refractivity (Wildman–Crippen MR) is 62.0 cm³/mol. The lowest BCUT2D eigenvalue weighted by atomic mass is 9.94. The molecular formula is C12H14N6. The highest BCUT2D eigenvalue weighted by molar-refractivity contribution is 5.17. The summed E-state index contributed by atoms with van der Waals surface area (Å²) in [6, 6.07) is 4.82. The zero-order chi connectivity index (χ0) is 12.6. The van der Waals surface area contributed by atoms with Crippen LogP contribution in [0.2, 0.25) is 0 Å². The Bertz CT molecular complexity index is 527. The molecule has 92 valence electrons. The van der Waals surface area contributed by atoms with Gasteiger partial charge in [-0.2, -0.15) is 10.5 Å². The van der Waals surface area contributed by atoms with Crippen LogP contribution >= 0.6 is 0 Å². The number of hydrogen-bond donors (Lipinski definition) is 1. The number of nitriles is 2. The molecule has 2 aliphatic rings. The lowest BCUT2D eigenvalue weighted by Gasteiger charge is -2.27. The summed E-state index contributed by atoms with van der Waals surface area (Å²) in [5.41, 5.74) is -0.540. The molecule has 1 unspecified atom stereocenters. The van der Waals surface area contributed by atoms with Gasteiger partial charge in [0.2, 0.25) is 0 Å². The Hall–Kier alpha value is -1.92. The molecule has 18 heavy (non-hydrogen) atoms. The summed E-state index contributed by atoms with van der Waals surface area (Å²) in [6.07, 6.45) is 6.01. The van der Waals surface area contributed by atoms with E-state index in [-0.39, 0.29) is 5.82 Å². The molecule has 3 rings (SSSR count). The van der Waals surface area contributed by atoms with Crippen LogP contribution in [0.5, 0.6) is 0 Å². The van der Waals surface area contributed by atoms with E-state index >= 15 is 0 Å². The molecular weight excluding hydrogens is 228 g/mol. The first-order chi connectivity index (χ1) is 8.75. The van der Waals surface area contributed by atoms with Crippen molar-refractivity contribution in [2.45, 2.75) is 43.8 Å². The van der Waals surface area contributed by atoms with E-state index in [0.29, 0.717) is 18.5 Å². The Kier molecular flexibility index (Phi) is 2.53. The summed E-state index contributed by atoms with van der Waals surface area (Å²) in [5.74, 6) is 0.557. The maximum Gasteiger partial charge on any atom is 0.252 e. The molecule has 0 bridgehead atoms. The SMILES string of the molecule is N#Cc1ncn(CC(C#N)(NC2CC2)C2CC2)n1. The highest BCUT2D eigenvalue weighted by Gasteiger charge is 2.48. The highest BCUT2D eigenvalue weighted by atomic mass is 15.3. The van der Waals surface area contributed by atoms with Gasteiger partial charge in [-0.3, -0.25) is 5.32 Å². The minimum atomic E-state index is -0.540. The van der Waals surface area contributed by atoms with Gasteiger partial charge < -0.3 is 0 Å². The van der Waals surface area contributed by atoms with Crippen LogP contribution in [-0.2, 0) is 6.54 Å². The average molecular weight is 242 g/mol. The van der Waals surface area contributed by atoms with Gasteiger partial charge in [0, 0.05) is 6.04 Å². The maximum absolute atomic E-state index is 9.55. The summed E-state index contributed by atoms with van der Waals surface area (Å²) in [4.78, 5) is 3.88. The predicted octanol–water partition coefficient (Wildman–Crippen LogP) is 0.574. The quantitative estimate of drug-likeness (QED) is 0.815. The summed E-state index contributed by atoms with van der Waals surface area (Å²) >= 11 is 0. The van der Waals surface area contributed by atoms with Crippen molar-refractivity contribution in [2.75, 3.05) is 0 Å². The van der Waals surface area contributed by atoms with Gasteiger partial charge in [-0.25, -0.2) is 9.67 Å². The van der Waals surface area contributed by atoms with E-state index < -0.39 is 5.54 Å². The molecule has 0 aliphatic heterocycles. The topological polar surface area (TPSA) is 90.3 Å². The van der Waals surface area contributed by atoms with E-state index in [9.17, 15) is 5.26 Å². The van der Waals surface area contributed by atoms with Gasteiger partial charge in [0.25, 0.3) is 5.82 Å². The van der Waals surface area contributed by atoms with Crippen LogP contribution in [0.1, 0.15) is 31.5 Å². The van der Waals surface area contributed by atoms with E-state index in [4.69, 9.17) is 5.26 Å². The van der Waals surface area contributed by atoms with Gasteiger partial charge in [0.15, 0.2) is 0 Å². The van der Waals surface area contributed by atoms with Crippen molar-refractivity contribution in [3.05, 3.63) is 12.2 Å². The molecule has 1 heterocycles. The molecule has 6 heteroatoms. The van der Waals surface area contributed by atoms with Crippen molar-refractivity contribution in [1.82, 2.24) is 20.1 Å². The van der Waals surface area contributed by atoms with Gasteiger partial charge in [-0.05, 0) is 31.6 Å². The normalized spacial score (nSPS) is 21.9. The molecule has 0 radical (unpaired) electrons. The minimum absolute atomic E-state index is 0.157. The Morgan fingerprint density at radius 3 is 2.67 bits per heavy atom. The first kappa shape index (κ1) is 11.2. The molecule has 1 aromatic heterocycles. The molecule has 2 aliphatic carbocycles. The van der Waals surface area contributed by atoms with Crippen LogP contribution in [-0.4, -0.2) is 26.3 Å². The second kappa shape index (κ2) is 4.08. The molecule has 0 saturated heterocycles. The zero-order valence-corrected chi connectivity index (χ0v) is 10.0. The highest BCUT2D eigenvalue weighted by Crippen LogP contribution is 2.42. The second-order valence-electron chi connectivity index (χ2n) is 5.15. The fourth-order valence-corrected chi connectivity index (χ4v) is 2.30. The van der Waals surface area contributed by atoms with Crippen molar-refractivity contribution in [2.24, 2.45) is 5.92 Å². The molecule has 1 aromatic rings. The molecule has 2 fully saturated rings. The first-order valence-electron chi connectivity index (χ1n) is 6.24. The summed E-state index contributed by atoms with van der Waals surface area (Å²) in [6.45, 7) is 0.472. The van der Waals surface area contributed by atoms with Gasteiger partial charge in [0.05, 0.1) is 12.6 Å². The number of hydrogen-bond acceptors (Lipinski definition) is 5. The van der Waals surface area contributed by atoms with Crippen LogP contribution in [0.4, 0.5) is 0 Å². The fourth-order valence-electron chi connectivity index (χ4n) is 2.30. The van der Waals surface area contributed by atoms with Crippen LogP contribution in [0.25, 0.3) is 0 Å². The van der Waals surface area contributed by atoms with E-state index in [1.807, 2.05) is 6.07 Å². The van der Waals surface area contributed by atoms with Crippen molar-refractivity contribution in [3.8, 4) is 12.1 Å². The number of rotatable bonds is 5. The number of aromatic nitrogens is 3. The maximum atomic E-state index is 9.55. The lowest BCUT2D eigenvalue weighted by Crippen LogP contribution is -2.50. The van der Waals surface area contributed by atoms with E-state index in [0.717, 1.165) is 25.7 Å². The molecule has 1 N–H and O–H groups in total. The van der Waals surface area contributed by atoms with Gasteiger partial charge in [-0.1, -0.05) is 0 Å². The third-order valence-corrected chi connectivity index (χ3v) is 3.56. The van der Waals surface area contributed by atoms with Gasteiger partial charge in [-0.15, -0.1) is 5.10 Å². The molecule has 6 nitrogen and oxygen atoms in total. The molecule has 0 amide bonds. The molecule has 1 atom stereocenters. The molecule has 2 saturated carbocycles. The zero-order valence-electron chi connectivity index (χ0n) is 10.0. The van der Waals surface area contributed by atoms with Crippen LogP contribution < -0.4 is 5.32 Å². The summed E-state index contributed by atoms with van der Waals surface area (Å²) in [7, 11) is 0. The monoisotopic (exact) mass is 242 g/mol. The average Bonchev–Trinajstić information content (AvgIpc) is 3.28. The van der Waals surface area contributed by atoms with Crippen LogP contribution in [0, 0.1) is 28.6 Å². The Labute approximate surface area is 105 Å². The Balaban J connectivity index is 1.80. The lowest BCUT2D eigenvalue weighted by molar-refractivity contribution is 0.301. The van der Waals surface area contributed by atoms with Gasteiger partial charge >= 0.3 is 0 Å². The van der Waals surface area contributed by atoms with Crippen molar-refractivity contribution < 1.29 is 0 Å². The van der Waals surface area contributed by atoms with E-state index in [1.165, 1.54) is 6.33 Å². The Morgan fingerprint density at radius 2 is 2.17 bits per heavy atom. The van der Waals surface area contributed by atoms with Crippen molar-refractivity contribution >= 4 is 0 Å². The standard InChI is InChI=1S/C12H14N6/c13-5-11-15-8-18(17-11)7-12(6-14,9-1-2-9)16-10-3-4-10/h8-10,16H,1-4,7H2. The minimum Gasteiger partial charge on any atom is -0.295 e. The van der Waals surface area contributed by atoms with Crippen molar-refractivity contribution in [1.29, 1.82) is 10.5 Å². The summed E-state index contributed by atoms with van der Waals surface area (Å²) < 4.78 is 1.61. The van der Waals surface area contributed by atoms with Gasteiger partial charge in [0.1, 0.15) is 17.9 Å². The molecule has 0 spiro atoms. The third-order valence-electron chi connectivity index (χ3n) is 3.56. The van der Waals surface area contributed by atoms with Crippen LogP contribution in [0.15, 0.2) is 6.33 Å². The van der Waals surface area contributed by atoms with Crippen LogP contribution in [0.3, 0.4) is 0 Å². The van der Waals surface area contributed by atoms with Crippen molar-refractivity contribution in [3.63, 3.8) is 0 Å². The second-order valence-corrected chi connectivity index (χ2v) is 5.15. The van der Waals surface area contributed by atoms with E-state index in [1.54, 1.807) is 4.68 Å². The fraction of sp³-hybridized carbons (Fsp3) is 0.667. The number of nitrogens with zero attached hydrogens (tertiary/aromatic N) is 5. The van der Waals surface area contributed by atoms with E-state index in [2.05, 4.69) is 21.5 Å². The largest absolute Gasteiger partial charge is 0.295 e. The smallest absolute Gasteiger partial charge is 0.252 e. The summed E-state index contributed by atoms with van der Waals surface area (Å²) in [5, 5.41) is 25.8. The molecule has 0 aromatic carbocycles.